The number of halogens is 2. The van der Waals surface area contributed by atoms with Crippen LogP contribution in [0.5, 0.6) is 23.0 Å². The second kappa shape index (κ2) is 28.4. The van der Waals surface area contributed by atoms with Crippen LogP contribution < -0.4 is 39.4 Å². The van der Waals surface area contributed by atoms with E-state index < -0.39 is 35.0 Å². The summed E-state index contributed by atoms with van der Waals surface area (Å²) in [6.45, 7) is 19.3. The highest BCUT2D eigenvalue weighted by Gasteiger charge is 2.24. The number of amides is 2. The number of nitrogens with zero attached hydrogens (tertiary/aromatic N) is 2. The van der Waals surface area contributed by atoms with Gasteiger partial charge in [-0.05, 0) is 212 Å². The monoisotopic (exact) mass is 1080 g/mol. The molecule has 0 saturated carbocycles. The molecule has 0 spiro atoms. The van der Waals surface area contributed by atoms with Crippen LogP contribution in [-0.2, 0) is 22.6 Å². The van der Waals surface area contributed by atoms with Crippen molar-refractivity contribution in [2.45, 2.75) is 93.5 Å². The Balaban J connectivity index is 0.000000310. The van der Waals surface area contributed by atoms with E-state index in [9.17, 15) is 18.4 Å². The predicted molar refractivity (Wildman–Crippen MR) is 303 cm³/mol. The Labute approximate surface area is 453 Å². The lowest BCUT2D eigenvalue weighted by Crippen LogP contribution is -2.40. The third-order valence-electron chi connectivity index (χ3n) is 9.28. The minimum Gasteiger partial charge on any atom is -0.444 e. The van der Waals surface area contributed by atoms with E-state index in [4.69, 9.17) is 77.3 Å². The van der Waals surface area contributed by atoms with Crippen molar-refractivity contribution in [1.29, 1.82) is 0 Å². The minimum absolute atomic E-state index is 0.0756. The van der Waals surface area contributed by atoms with E-state index in [0.717, 1.165) is 22.3 Å². The molecule has 0 aliphatic heterocycles. The molecule has 0 fully saturated rings. The normalized spacial score (nSPS) is 10.6. The first kappa shape index (κ1) is 59.4. The Bertz CT molecular complexity index is 2490. The van der Waals surface area contributed by atoms with Gasteiger partial charge in [-0.25, -0.2) is 28.2 Å². The second-order valence-electron chi connectivity index (χ2n) is 17.7. The molecule has 6 rings (SSSR count). The zero-order valence-electron chi connectivity index (χ0n) is 42.8. The molecule has 18 heteroatoms. The third kappa shape index (κ3) is 20.8. The van der Waals surface area contributed by atoms with Crippen molar-refractivity contribution in [1.82, 2.24) is 10.6 Å². The van der Waals surface area contributed by atoms with Crippen LogP contribution in [0.15, 0.2) is 146 Å². The molecule has 0 heterocycles. The summed E-state index contributed by atoms with van der Waals surface area (Å²) < 4.78 is 60.4. The lowest BCUT2D eigenvalue weighted by atomic mass is 10.2. The highest BCUT2D eigenvalue weighted by molar-refractivity contribution is 7.82. The fraction of sp³-hybridized carbons (Fsp3) is 0.250. The van der Waals surface area contributed by atoms with Gasteiger partial charge in [-0.1, -0.05) is 73.5 Å². The molecule has 0 atom stereocenters. The van der Waals surface area contributed by atoms with Crippen molar-refractivity contribution in [3.63, 3.8) is 0 Å². The van der Waals surface area contributed by atoms with Gasteiger partial charge in [-0.3, -0.25) is 0 Å². The Morgan fingerprint density at radius 1 is 0.432 bits per heavy atom. The Morgan fingerprint density at radius 2 is 0.676 bits per heavy atom. The van der Waals surface area contributed by atoms with Gasteiger partial charge in [0.05, 0.1) is 11.4 Å². The number of thiocarbonyl (C=S) groups is 4. The van der Waals surface area contributed by atoms with Crippen LogP contribution in [0.2, 0.25) is 0 Å². The second-order valence-corrected chi connectivity index (χ2v) is 19.1. The number of hydrogen-bond acceptors (Lipinski definition) is 12. The summed E-state index contributed by atoms with van der Waals surface area (Å²) in [5.41, 5.74) is 3.89. The van der Waals surface area contributed by atoms with E-state index in [-0.39, 0.29) is 27.2 Å². The van der Waals surface area contributed by atoms with Crippen LogP contribution in [-0.4, -0.2) is 44.1 Å². The number of alkyl carbamates (subject to hydrolysis) is 2. The summed E-state index contributed by atoms with van der Waals surface area (Å²) in [6.07, 6.45) is -1.01. The Morgan fingerprint density at radius 3 is 0.919 bits per heavy atom. The highest BCUT2D eigenvalue weighted by atomic mass is 32.1. The Hall–Kier alpha value is -7.12. The van der Waals surface area contributed by atoms with E-state index in [1.165, 1.54) is 53.4 Å². The fourth-order valence-electron chi connectivity index (χ4n) is 5.88. The van der Waals surface area contributed by atoms with E-state index in [0.29, 0.717) is 40.9 Å². The lowest BCUT2D eigenvalue weighted by molar-refractivity contribution is 0.0512. The summed E-state index contributed by atoms with van der Waals surface area (Å²) in [5, 5.41) is 5.53. The number of hydrogen-bond donors (Lipinski definition) is 2. The first-order chi connectivity index (χ1) is 35.0. The standard InChI is InChI=1S/C28H30N2O4S2.C26H24F2N2O4S2.C2H6/c1-19-6-14-23(15-7-19)32-26(35)30(27(36)33-24-16-8-20(2)9-17-24)22-12-10-21(11-13-22)18-29-25(31)34-28(3,4)5;1-26(2,3)34-23(31)29-16-17-4-10-20(11-5-17)30(24(35)32-21-12-6-18(27)7-13-21)25(36)33-22-14-8-19(28)9-15-22;1-2/h6-17H,18H2,1-5H3,(H,29,31);4-15H,16H2,1-3H3,(H,29,31);1-2H3. The maximum absolute atomic E-state index is 13.3. The van der Waals surface area contributed by atoms with Crippen molar-refractivity contribution >= 4 is 93.1 Å². The van der Waals surface area contributed by atoms with Crippen molar-refractivity contribution in [3.8, 4) is 23.0 Å². The molecule has 74 heavy (non-hydrogen) atoms. The fourth-order valence-corrected chi connectivity index (χ4v) is 7.13. The Kier molecular flexibility index (Phi) is 22.8. The summed E-state index contributed by atoms with van der Waals surface area (Å²) in [7, 11) is 0. The molecule has 2 amide bonds. The molecule has 390 valence electrons. The van der Waals surface area contributed by atoms with Crippen molar-refractivity contribution < 1.29 is 46.8 Å². The van der Waals surface area contributed by atoms with Crippen LogP contribution in [0.1, 0.15) is 77.6 Å². The van der Waals surface area contributed by atoms with Crippen LogP contribution in [0.4, 0.5) is 29.7 Å². The number of benzene rings is 6. The molecule has 6 aromatic carbocycles. The largest absolute Gasteiger partial charge is 0.444 e. The zero-order valence-corrected chi connectivity index (χ0v) is 46.1. The number of carbonyl (C=O) groups is 2. The molecule has 0 aromatic heterocycles. The van der Waals surface area contributed by atoms with Gasteiger partial charge in [0.1, 0.15) is 45.8 Å². The van der Waals surface area contributed by atoms with Gasteiger partial charge in [0.25, 0.3) is 20.7 Å². The summed E-state index contributed by atoms with van der Waals surface area (Å²) in [4.78, 5) is 26.8. The van der Waals surface area contributed by atoms with Crippen LogP contribution in [0.3, 0.4) is 0 Å². The van der Waals surface area contributed by atoms with Crippen molar-refractivity contribution in [3.05, 3.63) is 179 Å². The van der Waals surface area contributed by atoms with Gasteiger partial charge < -0.3 is 39.1 Å². The first-order valence-corrected chi connectivity index (χ1v) is 24.9. The molecule has 12 nitrogen and oxygen atoms in total. The van der Waals surface area contributed by atoms with E-state index >= 15 is 0 Å². The van der Waals surface area contributed by atoms with Gasteiger partial charge in [-0.2, -0.15) is 0 Å². The average Bonchev–Trinajstić information content (AvgIpc) is 3.34. The smallest absolute Gasteiger partial charge is 0.407 e. The molecule has 0 saturated heterocycles. The third-order valence-corrected chi connectivity index (χ3v) is 10.3. The van der Waals surface area contributed by atoms with Gasteiger partial charge in [0.15, 0.2) is 0 Å². The molecule has 0 aliphatic carbocycles. The number of carbonyl (C=O) groups excluding carboxylic acids is 2. The van der Waals surface area contributed by atoms with Gasteiger partial charge in [-0.15, -0.1) is 0 Å². The van der Waals surface area contributed by atoms with Crippen molar-refractivity contribution in [2.24, 2.45) is 0 Å². The summed E-state index contributed by atoms with van der Waals surface area (Å²) in [6, 6.07) is 40.1. The molecule has 6 aromatic rings. The average molecular weight is 1080 g/mol. The van der Waals surface area contributed by atoms with E-state index in [1.54, 1.807) is 49.9 Å². The maximum atomic E-state index is 13.3. The molecule has 0 aliphatic rings. The number of aryl methyl sites for hydroxylation is 2. The lowest BCUT2D eigenvalue weighted by Gasteiger charge is -2.25. The minimum atomic E-state index is -0.602. The molecule has 0 radical (unpaired) electrons. The van der Waals surface area contributed by atoms with Crippen LogP contribution in [0.25, 0.3) is 0 Å². The molecule has 0 bridgehead atoms. The molecular weight excluding hydrogens is 1020 g/mol. The van der Waals surface area contributed by atoms with Gasteiger partial charge in [0, 0.05) is 13.1 Å². The van der Waals surface area contributed by atoms with Gasteiger partial charge >= 0.3 is 12.2 Å². The zero-order chi connectivity index (χ0) is 54.6. The van der Waals surface area contributed by atoms with Crippen LogP contribution in [0, 0.1) is 25.5 Å². The molecular formula is C56H60F2N4O8S4. The van der Waals surface area contributed by atoms with Gasteiger partial charge in [0.2, 0.25) is 0 Å². The van der Waals surface area contributed by atoms with E-state index in [2.05, 4.69) is 10.6 Å². The topological polar surface area (TPSA) is 120 Å². The molecule has 2 N–H and O–H groups in total. The first-order valence-electron chi connectivity index (χ1n) is 23.2. The predicted octanol–water partition coefficient (Wildman–Crippen LogP) is 14.4. The van der Waals surface area contributed by atoms with Crippen LogP contribution >= 0.6 is 48.9 Å². The summed E-state index contributed by atoms with van der Waals surface area (Å²) in [5.74, 6) is 0.939. The highest BCUT2D eigenvalue weighted by Crippen LogP contribution is 2.25. The maximum Gasteiger partial charge on any atom is 0.407 e. The summed E-state index contributed by atoms with van der Waals surface area (Å²) >= 11 is 22.2. The SMILES string of the molecule is CC.CC(C)(C)OC(=O)NCc1ccc(N(C(=S)Oc2ccc(F)cc2)C(=S)Oc2ccc(F)cc2)cc1.Cc1ccc(OC(=S)N(C(=S)Oc2ccc(C)cc2)c2ccc(CNC(=O)OC(C)(C)C)cc2)cc1. The molecule has 0 unspecified atom stereocenters. The number of ether oxygens (including phenoxy) is 6. The number of rotatable bonds is 10. The number of nitrogens with one attached hydrogen (secondary N) is 2. The van der Waals surface area contributed by atoms with E-state index in [1.807, 2.05) is 121 Å². The number of anilines is 2. The van der Waals surface area contributed by atoms with Crippen molar-refractivity contribution in [2.75, 3.05) is 9.80 Å². The quantitative estimate of drug-likeness (QED) is 0.127.